The van der Waals surface area contributed by atoms with Gasteiger partial charge in [-0.2, -0.15) is 0 Å². The number of carbonyl (C=O) groups excluding carboxylic acids is 2. The topological polar surface area (TPSA) is 114 Å². The summed E-state index contributed by atoms with van der Waals surface area (Å²) >= 11 is 0. The Kier molecular flexibility index (Phi) is 6.65. The van der Waals surface area contributed by atoms with Crippen LogP contribution in [-0.2, 0) is 19.1 Å². The third-order valence-corrected chi connectivity index (χ3v) is 6.32. The SMILES string of the molecule is CCC[C@@H](NC(=O)C1(NC(=O)OCC2c3ccccc3-c3ccccc32)CCOC1)C(=O)O. The molecule has 3 N–H and O–H groups in total. The lowest BCUT2D eigenvalue weighted by Gasteiger charge is -2.29. The highest BCUT2D eigenvalue weighted by atomic mass is 16.6. The van der Waals surface area contributed by atoms with Crippen LogP contribution in [0.4, 0.5) is 4.79 Å². The van der Waals surface area contributed by atoms with E-state index >= 15 is 0 Å². The van der Waals surface area contributed by atoms with Crippen LogP contribution in [0.5, 0.6) is 0 Å². The van der Waals surface area contributed by atoms with Crippen molar-refractivity contribution in [3.05, 3.63) is 59.7 Å². The molecule has 0 radical (unpaired) electrons. The number of ether oxygens (including phenoxy) is 2. The van der Waals surface area contributed by atoms with E-state index in [9.17, 15) is 19.5 Å². The Morgan fingerprint density at radius 1 is 1.12 bits per heavy atom. The molecule has 1 aliphatic carbocycles. The Bertz CT molecular complexity index is 1000. The third kappa shape index (κ3) is 4.57. The zero-order valence-electron chi connectivity index (χ0n) is 18.5. The molecule has 2 atom stereocenters. The minimum atomic E-state index is -1.36. The third-order valence-electron chi connectivity index (χ3n) is 6.32. The van der Waals surface area contributed by atoms with Crippen LogP contribution < -0.4 is 10.6 Å². The van der Waals surface area contributed by atoms with Gasteiger partial charge in [0.2, 0.25) is 5.91 Å². The van der Waals surface area contributed by atoms with Crippen LogP contribution in [0.15, 0.2) is 48.5 Å². The Hall–Kier alpha value is -3.39. The van der Waals surface area contributed by atoms with Gasteiger partial charge in [-0.05, 0) is 28.7 Å². The number of aliphatic carboxylic acids is 1. The molecule has 174 valence electrons. The highest BCUT2D eigenvalue weighted by molar-refractivity contribution is 5.93. The zero-order chi connectivity index (χ0) is 23.4. The van der Waals surface area contributed by atoms with E-state index in [1.807, 2.05) is 43.3 Å². The molecule has 4 rings (SSSR count). The second-order valence-electron chi connectivity index (χ2n) is 8.49. The van der Waals surface area contributed by atoms with E-state index in [-0.39, 0.29) is 32.2 Å². The quantitative estimate of drug-likeness (QED) is 0.567. The fraction of sp³-hybridized carbons (Fsp3) is 0.400. The Labute approximate surface area is 192 Å². The van der Waals surface area contributed by atoms with Gasteiger partial charge in [0.25, 0.3) is 0 Å². The lowest BCUT2D eigenvalue weighted by atomic mass is 9.96. The van der Waals surface area contributed by atoms with Crippen molar-refractivity contribution in [1.82, 2.24) is 10.6 Å². The summed E-state index contributed by atoms with van der Waals surface area (Å²) in [6, 6.07) is 15.0. The van der Waals surface area contributed by atoms with E-state index in [1.54, 1.807) is 0 Å². The molecular formula is C25H28N2O6. The fourth-order valence-electron chi connectivity index (χ4n) is 4.57. The first-order valence-corrected chi connectivity index (χ1v) is 11.2. The van der Waals surface area contributed by atoms with E-state index in [4.69, 9.17) is 9.47 Å². The standard InChI is InChI=1S/C25H28N2O6/c1-2-7-21(22(28)29)26-23(30)25(12-13-32-15-25)27-24(31)33-14-20-18-10-5-3-8-16(18)17-9-4-6-11-19(17)20/h3-6,8-11,20-21H,2,7,12-15H2,1H3,(H,26,30)(H,27,31)(H,28,29)/t21-,25?/m1/s1. The monoisotopic (exact) mass is 452 g/mol. The number of carboxylic acid groups (broad SMARTS) is 1. The fourth-order valence-corrected chi connectivity index (χ4v) is 4.57. The molecule has 2 aromatic carbocycles. The summed E-state index contributed by atoms with van der Waals surface area (Å²) in [7, 11) is 0. The van der Waals surface area contributed by atoms with Crippen molar-refractivity contribution in [3.63, 3.8) is 0 Å². The molecular weight excluding hydrogens is 424 g/mol. The second kappa shape index (κ2) is 9.62. The summed E-state index contributed by atoms with van der Waals surface area (Å²) in [6.07, 6.45) is 0.394. The summed E-state index contributed by atoms with van der Waals surface area (Å²) in [5.74, 6) is -1.79. The first-order chi connectivity index (χ1) is 15.9. The van der Waals surface area contributed by atoms with Gasteiger partial charge in [-0.3, -0.25) is 4.79 Å². The van der Waals surface area contributed by atoms with Gasteiger partial charge in [0.05, 0.1) is 6.61 Å². The minimum absolute atomic E-state index is 0.0402. The number of carbonyl (C=O) groups is 3. The van der Waals surface area contributed by atoms with Gasteiger partial charge in [0.1, 0.15) is 18.2 Å². The molecule has 0 bridgehead atoms. The van der Waals surface area contributed by atoms with Gasteiger partial charge < -0.3 is 25.2 Å². The number of benzene rings is 2. The number of carboxylic acids is 1. The number of alkyl carbamates (subject to hydrolysis) is 1. The lowest BCUT2D eigenvalue weighted by Crippen LogP contribution is -2.61. The first-order valence-electron chi connectivity index (χ1n) is 11.2. The Morgan fingerprint density at radius 2 is 1.76 bits per heavy atom. The summed E-state index contributed by atoms with van der Waals surface area (Å²) in [5.41, 5.74) is 3.07. The molecule has 2 aromatic rings. The zero-order valence-corrected chi connectivity index (χ0v) is 18.5. The smallest absolute Gasteiger partial charge is 0.408 e. The van der Waals surface area contributed by atoms with Crippen LogP contribution >= 0.6 is 0 Å². The van der Waals surface area contributed by atoms with E-state index < -0.39 is 29.6 Å². The van der Waals surface area contributed by atoms with Crippen LogP contribution in [0.2, 0.25) is 0 Å². The predicted molar refractivity (Wildman–Crippen MR) is 121 cm³/mol. The molecule has 1 fully saturated rings. The van der Waals surface area contributed by atoms with Crippen molar-refractivity contribution in [3.8, 4) is 11.1 Å². The van der Waals surface area contributed by atoms with Gasteiger partial charge in [-0.15, -0.1) is 0 Å². The van der Waals surface area contributed by atoms with Crippen LogP contribution in [0.3, 0.4) is 0 Å². The molecule has 33 heavy (non-hydrogen) atoms. The predicted octanol–water partition coefficient (Wildman–Crippen LogP) is 3.05. The van der Waals surface area contributed by atoms with Crippen LogP contribution in [0.1, 0.15) is 43.2 Å². The average molecular weight is 453 g/mol. The molecule has 1 heterocycles. The highest BCUT2D eigenvalue weighted by Gasteiger charge is 2.45. The van der Waals surface area contributed by atoms with Crippen molar-refractivity contribution in [2.45, 2.75) is 43.7 Å². The van der Waals surface area contributed by atoms with Gasteiger partial charge in [-0.1, -0.05) is 61.9 Å². The molecule has 1 saturated heterocycles. The number of rotatable bonds is 8. The normalized spacial score (nSPS) is 19.9. The first kappa shape index (κ1) is 22.8. The maximum atomic E-state index is 13.0. The Balaban J connectivity index is 1.44. The number of hydrogen-bond acceptors (Lipinski definition) is 5. The average Bonchev–Trinajstić information content (AvgIpc) is 3.41. The van der Waals surface area contributed by atoms with Crippen LogP contribution in [-0.4, -0.2) is 54.5 Å². The van der Waals surface area contributed by atoms with E-state index in [2.05, 4.69) is 22.8 Å². The molecule has 2 aliphatic rings. The molecule has 0 saturated carbocycles. The molecule has 1 unspecified atom stereocenters. The second-order valence-corrected chi connectivity index (χ2v) is 8.49. The lowest BCUT2D eigenvalue weighted by molar-refractivity contribution is -0.143. The maximum Gasteiger partial charge on any atom is 0.408 e. The maximum absolute atomic E-state index is 13.0. The number of amides is 2. The van der Waals surface area contributed by atoms with Crippen molar-refractivity contribution in [2.75, 3.05) is 19.8 Å². The summed E-state index contributed by atoms with van der Waals surface area (Å²) in [6.45, 7) is 2.20. The minimum Gasteiger partial charge on any atom is -0.480 e. The van der Waals surface area contributed by atoms with Crippen molar-refractivity contribution < 1.29 is 29.0 Å². The molecule has 2 amide bonds. The molecule has 8 nitrogen and oxygen atoms in total. The molecule has 0 aromatic heterocycles. The highest BCUT2D eigenvalue weighted by Crippen LogP contribution is 2.44. The van der Waals surface area contributed by atoms with Gasteiger partial charge in [0, 0.05) is 18.9 Å². The van der Waals surface area contributed by atoms with Crippen molar-refractivity contribution in [2.24, 2.45) is 0 Å². The molecule has 8 heteroatoms. The molecule has 1 aliphatic heterocycles. The summed E-state index contributed by atoms with van der Waals surface area (Å²) < 4.78 is 11.0. The van der Waals surface area contributed by atoms with Crippen LogP contribution in [0.25, 0.3) is 11.1 Å². The van der Waals surface area contributed by atoms with Crippen molar-refractivity contribution in [1.29, 1.82) is 0 Å². The number of hydrogen-bond donors (Lipinski definition) is 3. The largest absolute Gasteiger partial charge is 0.480 e. The van der Waals surface area contributed by atoms with E-state index in [0.29, 0.717) is 12.8 Å². The van der Waals surface area contributed by atoms with Gasteiger partial charge in [-0.25, -0.2) is 9.59 Å². The molecule has 0 spiro atoms. The Morgan fingerprint density at radius 3 is 2.30 bits per heavy atom. The van der Waals surface area contributed by atoms with Crippen molar-refractivity contribution >= 4 is 18.0 Å². The van der Waals surface area contributed by atoms with E-state index in [0.717, 1.165) is 22.3 Å². The van der Waals surface area contributed by atoms with Gasteiger partial charge >= 0.3 is 12.1 Å². The number of fused-ring (bicyclic) bond motifs is 3. The van der Waals surface area contributed by atoms with Gasteiger partial charge in [0.15, 0.2) is 0 Å². The van der Waals surface area contributed by atoms with Crippen LogP contribution in [0, 0.1) is 0 Å². The summed E-state index contributed by atoms with van der Waals surface area (Å²) in [4.78, 5) is 37.2. The summed E-state index contributed by atoms with van der Waals surface area (Å²) in [5, 5.41) is 14.6. The number of nitrogens with one attached hydrogen (secondary N) is 2. The van der Waals surface area contributed by atoms with E-state index in [1.165, 1.54) is 0 Å².